The van der Waals surface area contributed by atoms with Gasteiger partial charge in [0.15, 0.2) is 0 Å². The summed E-state index contributed by atoms with van der Waals surface area (Å²) in [6.45, 7) is 2.12. The van der Waals surface area contributed by atoms with E-state index in [1.54, 1.807) is 0 Å². The highest BCUT2D eigenvalue weighted by molar-refractivity contribution is 7.59. The lowest BCUT2D eigenvalue weighted by molar-refractivity contribution is 1.51. The molecule has 0 spiro atoms. The summed E-state index contributed by atoms with van der Waals surface area (Å²) in [6.07, 6.45) is 0. The second-order valence-corrected chi connectivity index (χ2v) is 2.85. The van der Waals surface area contributed by atoms with E-state index in [0.717, 1.165) is 0 Å². The molecule has 0 unspecified atom stereocenters. The van der Waals surface area contributed by atoms with Gasteiger partial charge in [0.25, 0.3) is 0 Å². The standard InChI is InChI=1S/C11H10.H2S/c1-9-6-7-10-4-2-3-5-11(10)8-9;/h2-8H,1H3;1H2. The van der Waals surface area contributed by atoms with E-state index in [9.17, 15) is 0 Å². The molecule has 0 aliphatic rings. The first-order valence-corrected chi connectivity index (χ1v) is 3.82. The Morgan fingerprint density at radius 1 is 0.833 bits per heavy atom. The van der Waals surface area contributed by atoms with Crippen molar-refractivity contribution in [3.05, 3.63) is 48.0 Å². The van der Waals surface area contributed by atoms with Gasteiger partial charge in [-0.1, -0.05) is 48.0 Å². The molecule has 0 saturated heterocycles. The molecule has 1 heteroatoms. The van der Waals surface area contributed by atoms with E-state index < -0.39 is 0 Å². The van der Waals surface area contributed by atoms with Crippen LogP contribution in [0.15, 0.2) is 42.5 Å². The van der Waals surface area contributed by atoms with E-state index in [4.69, 9.17) is 0 Å². The Morgan fingerprint density at radius 2 is 1.50 bits per heavy atom. The van der Waals surface area contributed by atoms with Gasteiger partial charge >= 0.3 is 0 Å². The first-order valence-electron chi connectivity index (χ1n) is 3.82. The highest BCUT2D eigenvalue weighted by Gasteiger charge is 1.89. The summed E-state index contributed by atoms with van der Waals surface area (Å²) >= 11 is 0. The minimum absolute atomic E-state index is 0. The number of aryl methyl sites for hydroxylation is 1. The Hall–Kier alpha value is -0.950. The number of rotatable bonds is 0. The first-order chi connectivity index (χ1) is 5.36. The molecule has 0 heterocycles. The van der Waals surface area contributed by atoms with Gasteiger partial charge in [-0.3, -0.25) is 0 Å². The molecule has 0 aliphatic carbocycles. The predicted octanol–water partition coefficient (Wildman–Crippen LogP) is 3.26. The molecule has 0 radical (unpaired) electrons. The lowest BCUT2D eigenvalue weighted by Gasteiger charge is -1.96. The van der Waals surface area contributed by atoms with Gasteiger partial charge < -0.3 is 0 Å². The zero-order valence-electron chi connectivity index (χ0n) is 7.04. The molecule has 0 aromatic heterocycles. The molecule has 0 saturated carbocycles. The average Bonchev–Trinajstić information content (AvgIpc) is 2.04. The summed E-state index contributed by atoms with van der Waals surface area (Å²) in [6, 6.07) is 14.9. The Morgan fingerprint density at radius 3 is 2.25 bits per heavy atom. The van der Waals surface area contributed by atoms with E-state index in [-0.39, 0.29) is 13.5 Å². The Kier molecular flexibility index (Phi) is 2.77. The van der Waals surface area contributed by atoms with Crippen LogP contribution >= 0.6 is 13.5 Å². The smallest absolute Gasteiger partial charge is 0.0181 e. The quantitative estimate of drug-likeness (QED) is 0.578. The van der Waals surface area contributed by atoms with Gasteiger partial charge in [0.1, 0.15) is 0 Å². The molecule has 0 atom stereocenters. The van der Waals surface area contributed by atoms with Gasteiger partial charge in [0.2, 0.25) is 0 Å². The van der Waals surface area contributed by atoms with E-state index in [1.165, 1.54) is 16.3 Å². The highest BCUT2D eigenvalue weighted by atomic mass is 32.1. The first kappa shape index (κ1) is 9.14. The fourth-order valence-corrected chi connectivity index (χ4v) is 1.31. The molecular weight excluding hydrogens is 164 g/mol. The van der Waals surface area contributed by atoms with Crippen molar-refractivity contribution < 1.29 is 0 Å². The summed E-state index contributed by atoms with van der Waals surface area (Å²) in [4.78, 5) is 0. The van der Waals surface area contributed by atoms with Crippen LogP contribution in [0, 0.1) is 6.92 Å². The van der Waals surface area contributed by atoms with Crippen molar-refractivity contribution in [3.8, 4) is 0 Å². The summed E-state index contributed by atoms with van der Waals surface area (Å²) in [5, 5.41) is 2.64. The van der Waals surface area contributed by atoms with E-state index >= 15 is 0 Å². The van der Waals surface area contributed by atoms with Crippen LogP contribution in [0.25, 0.3) is 10.8 Å². The third-order valence-corrected chi connectivity index (χ3v) is 1.90. The Balaban J connectivity index is 0.000000720. The fourth-order valence-electron chi connectivity index (χ4n) is 1.31. The maximum Gasteiger partial charge on any atom is -0.0181 e. The molecule has 2 rings (SSSR count). The molecule has 0 aliphatic heterocycles. The number of hydrogen-bond donors (Lipinski definition) is 0. The molecule has 0 bridgehead atoms. The van der Waals surface area contributed by atoms with E-state index in [0.29, 0.717) is 0 Å². The van der Waals surface area contributed by atoms with Crippen molar-refractivity contribution in [2.45, 2.75) is 6.92 Å². The normalized spacial score (nSPS) is 9.42. The van der Waals surface area contributed by atoms with E-state index in [2.05, 4.69) is 49.4 Å². The Labute approximate surface area is 79.7 Å². The van der Waals surface area contributed by atoms with Crippen molar-refractivity contribution in [1.29, 1.82) is 0 Å². The maximum absolute atomic E-state index is 2.20. The molecule has 2 aromatic rings. The Bertz CT molecular complexity index is 379. The van der Waals surface area contributed by atoms with Crippen LogP contribution in [0.1, 0.15) is 5.56 Å². The van der Waals surface area contributed by atoms with Crippen molar-refractivity contribution in [2.75, 3.05) is 0 Å². The van der Waals surface area contributed by atoms with Crippen LogP contribution in [-0.4, -0.2) is 0 Å². The van der Waals surface area contributed by atoms with Crippen LogP contribution in [0.5, 0.6) is 0 Å². The molecule has 0 fully saturated rings. The third kappa shape index (κ3) is 1.62. The third-order valence-electron chi connectivity index (χ3n) is 1.90. The van der Waals surface area contributed by atoms with Gasteiger partial charge in [-0.2, -0.15) is 13.5 Å². The van der Waals surface area contributed by atoms with Crippen LogP contribution in [-0.2, 0) is 0 Å². The molecule has 0 amide bonds. The maximum atomic E-state index is 2.20. The minimum atomic E-state index is 0. The summed E-state index contributed by atoms with van der Waals surface area (Å²) in [5.74, 6) is 0. The van der Waals surface area contributed by atoms with Gasteiger partial charge in [0, 0.05) is 0 Å². The van der Waals surface area contributed by atoms with Crippen molar-refractivity contribution >= 4 is 24.3 Å². The zero-order chi connectivity index (χ0) is 7.68. The molecule has 2 aromatic carbocycles. The second kappa shape index (κ2) is 3.63. The lowest BCUT2D eigenvalue weighted by Crippen LogP contribution is -1.73. The molecule has 62 valence electrons. The van der Waals surface area contributed by atoms with Crippen molar-refractivity contribution in [3.63, 3.8) is 0 Å². The average molecular weight is 176 g/mol. The monoisotopic (exact) mass is 176 g/mol. The van der Waals surface area contributed by atoms with Crippen LogP contribution in [0.2, 0.25) is 0 Å². The van der Waals surface area contributed by atoms with Gasteiger partial charge in [-0.15, -0.1) is 0 Å². The zero-order valence-corrected chi connectivity index (χ0v) is 8.04. The lowest BCUT2D eigenvalue weighted by atomic mass is 10.1. The molecule has 0 N–H and O–H groups in total. The summed E-state index contributed by atoms with van der Waals surface area (Å²) < 4.78 is 0. The molecule has 12 heavy (non-hydrogen) atoms. The predicted molar refractivity (Wildman–Crippen MR) is 59.1 cm³/mol. The van der Waals surface area contributed by atoms with Crippen LogP contribution < -0.4 is 0 Å². The number of hydrogen-bond acceptors (Lipinski definition) is 0. The number of fused-ring (bicyclic) bond motifs is 1. The van der Waals surface area contributed by atoms with Crippen LogP contribution in [0.3, 0.4) is 0 Å². The van der Waals surface area contributed by atoms with Crippen LogP contribution in [0.4, 0.5) is 0 Å². The van der Waals surface area contributed by atoms with Gasteiger partial charge in [0.05, 0.1) is 0 Å². The fraction of sp³-hybridized carbons (Fsp3) is 0.0909. The largest absolute Gasteiger partial charge is 0.197 e. The van der Waals surface area contributed by atoms with Gasteiger partial charge in [-0.05, 0) is 17.7 Å². The minimum Gasteiger partial charge on any atom is -0.197 e. The summed E-state index contributed by atoms with van der Waals surface area (Å²) in [7, 11) is 0. The van der Waals surface area contributed by atoms with Gasteiger partial charge in [-0.25, -0.2) is 0 Å². The summed E-state index contributed by atoms with van der Waals surface area (Å²) in [5.41, 5.74) is 1.32. The van der Waals surface area contributed by atoms with E-state index in [1.807, 2.05) is 0 Å². The SMILES string of the molecule is Cc1ccc2ccccc2c1.S. The van der Waals surface area contributed by atoms with Crippen molar-refractivity contribution in [1.82, 2.24) is 0 Å². The highest BCUT2D eigenvalue weighted by Crippen LogP contribution is 2.14. The topological polar surface area (TPSA) is 0 Å². The number of benzene rings is 2. The molecular formula is C11H12S. The molecule has 0 nitrogen and oxygen atoms in total. The van der Waals surface area contributed by atoms with Crippen molar-refractivity contribution in [2.24, 2.45) is 0 Å². The second-order valence-electron chi connectivity index (χ2n) is 2.85.